The number of hydrogen-bond donors (Lipinski definition) is 0. The number of esters is 1. The van der Waals surface area contributed by atoms with Gasteiger partial charge in [-0.2, -0.15) is 0 Å². The Hall–Kier alpha value is -1.11. The van der Waals surface area contributed by atoms with Crippen LogP contribution in [0.3, 0.4) is 0 Å². The van der Waals surface area contributed by atoms with E-state index in [0.717, 1.165) is 12.8 Å². The second kappa shape index (κ2) is 5.71. The Kier molecular flexibility index (Phi) is 4.36. The minimum Gasteiger partial charge on any atom is -0.465 e. The Morgan fingerprint density at radius 2 is 2.10 bits per heavy atom. The second-order valence-corrected chi connectivity index (χ2v) is 7.29. The summed E-state index contributed by atoms with van der Waals surface area (Å²) in [5.74, 6) is -0.106. The van der Waals surface area contributed by atoms with Crippen LogP contribution >= 0.6 is 11.6 Å². The van der Waals surface area contributed by atoms with Crippen molar-refractivity contribution in [2.75, 3.05) is 20.7 Å². The molecule has 1 fully saturated rings. The fraction of sp³-hybridized carbons (Fsp3) is 0.462. The number of carbonyl (C=O) groups is 1. The molecule has 1 aliphatic rings. The highest BCUT2D eigenvalue weighted by Crippen LogP contribution is 2.32. The molecule has 0 bridgehead atoms. The maximum atomic E-state index is 12.4. The predicted molar refractivity (Wildman–Crippen MR) is 75.3 cm³/mol. The van der Waals surface area contributed by atoms with Crippen LogP contribution in [0.15, 0.2) is 23.1 Å². The minimum atomic E-state index is -3.62. The van der Waals surface area contributed by atoms with Crippen molar-refractivity contribution in [1.82, 2.24) is 4.31 Å². The number of nitrogens with zero attached hydrogens (tertiary/aromatic N) is 1. The smallest absolute Gasteiger partial charge is 0.337 e. The summed E-state index contributed by atoms with van der Waals surface area (Å²) >= 11 is 6.00. The van der Waals surface area contributed by atoms with E-state index in [-0.39, 0.29) is 15.5 Å². The summed E-state index contributed by atoms with van der Waals surface area (Å²) in [5.41, 5.74) is 0.223. The van der Waals surface area contributed by atoms with Crippen molar-refractivity contribution in [3.8, 4) is 0 Å². The van der Waals surface area contributed by atoms with E-state index >= 15 is 0 Å². The van der Waals surface area contributed by atoms with Gasteiger partial charge in [0.25, 0.3) is 0 Å². The van der Waals surface area contributed by atoms with E-state index in [1.54, 1.807) is 0 Å². The molecule has 0 heterocycles. The van der Waals surface area contributed by atoms with Crippen molar-refractivity contribution in [3.05, 3.63) is 28.8 Å². The van der Waals surface area contributed by atoms with Gasteiger partial charge in [-0.05, 0) is 37.0 Å². The lowest BCUT2D eigenvalue weighted by molar-refractivity contribution is 0.0600. The van der Waals surface area contributed by atoms with Gasteiger partial charge in [0.2, 0.25) is 10.0 Å². The maximum Gasteiger partial charge on any atom is 0.337 e. The highest BCUT2D eigenvalue weighted by Gasteiger charge is 2.30. The Bertz CT molecular complexity index is 625. The van der Waals surface area contributed by atoms with Gasteiger partial charge in [-0.25, -0.2) is 17.5 Å². The summed E-state index contributed by atoms with van der Waals surface area (Å²) in [4.78, 5) is 11.4. The van der Waals surface area contributed by atoms with Crippen LogP contribution in [-0.4, -0.2) is 39.4 Å². The number of hydrogen-bond acceptors (Lipinski definition) is 4. The molecule has 1 aromatic rings. The third-order valence-electron chi connectivity index (χ3n) is 3.25. The number of methoxy groups -OCH3 is 1. The van der Waals surface area contributed by atoms with Crippen molar-refractivity contribution in [2.45, 2.75) is 17.7 Å². The topological polar surface area (TPSA) is 63.7 Å². The molecule has 0 aliphatic heterocycles. The van der Waals surface area contributed by atoms with Gasteiger partial charge in [0.1, 0.15) is 4.90 Å². The fourth-order valence-electron chi connectivity index (χ4n) is 1.88. The Balaban J connectivity index is 2.29. The average molecular weight is 318 g/mol. The van der Waals surface area contributed by atoms with Crippen LogP contribution in [0.4, 0.5) is 0 Å². The molecule has 20 heavy (non-hydrogen) atoms. The first kappa shape index (κ1) is 15.3. The molecule has 1 aromatic carbocycles. The number of ether oxygens (including phenoxy) is 1. The van der Waals surface area contributed by atoms with Gasteiger partial charge in [-0.15, -0.1) is 0 Å². The van der Waals surface area contributed by atoms with Crippen LogP contribution in [0.2, 0.25) is 5.02 Å². The van der Waals surface area contributed by atoms with Gasteiger partial charge in [0.05, 0.1) is 17.7 Å². The largest absolute Gasteiger partial charge is 0.465 e. The lowest BCUT2D eigenvalue weighted by atomic mass is 10.2. The predicted octanol–water partition coefficient (Wildman–Crippen LogP) is 2.16. The van der Waals surface area contributed by atoms with Crippen molar-refractivity contribution in [2.24, 2.45) is 5.92 Å². The first-order valence-corrected chi connectivity index (χ1v) is 8.02. The molecule has 0 aromatic heterocycles. The van der Waals surface area contributed by atoms with Gasteiger partial charge >= 0.3 is 5.97 Å². The van der Waals surface area contributed by atoms with Crippen molar-refractivity contribution < 1.29 is 17.9 Å². The third kappa shape index (κ3) is 3.13. The number of carbonyl (C=O) groups excluding carboxylic acids is 1. The monoisotopic (exact) mass is 317 g/mol. The van der Waals surface area contributed by atoms with Crippen LogP contribution < -0.4 is 0 Å². The normalized spacial score (nSPS) is 15.4. The van der Waals surface area contributed by atoms with E-state index in [1.807, 2.05) is 0 Å². The molecule has 1 saturated carbocycles. The van der Waals surface area contributed by atoms with E-state index in [4.69, 9.17) is 11.6 Å². The zero-order valence-electron chi connectivity index (χ0n) is 11.3. The summed E-state index contributed by atoms with van der Waals surface area (Å²) in [7, 11) is -0.830. The third-order valence-corrected chi connectivity index (χ3v) is 5.56. The first-order valence-electron chi connectivity index (χ1n) is 6.20. The molecule has 0 unspecified atom stereocenters. The summed E-state index contributed by atoms with van der Waals surface area (Å²) in [6.07, 6.45) is 2.13. The second-order valence-electron chi connectivity index (χ2n) is 4.87. The van der Waals surface area contributed by atoms with Gasteiger partial charge in [0, 0.05) is 13.6 Å². The van der Waals surface area contributed by atoms with Crippen LogP contribution in [0.5, 0.6) is 0 Å². The molecule has 7 heteroatoms. The van der Waals surface area contributed by atoms with E-state index in [1.165, 1.54) is 36.7 Å². The molecule has 5 nitrogen and oxygen atoms in total. The van der Waals surface area contributed by atoms with Crippen LogP contribution in [0.25, 0.3) is 0 Å². The summed E-state index contributed by atoms with van der Waals surface area (Å²) in [6.45, 7) is 0.497. The van der Waals surface area contributed by atoms with Gasteiger partial charge < -0.3 is 4.74 Å². The molecule has 2 rings (SSSR count). The minimum absolute atomic E-state index is 0.00923. The zero-order chi connectivity index (χ0) is 14.9. The van der Waals surface area contributed by atoms with E-state index in [0.29, 0.717) is 12.5 Å². The number of rotatable bonds is 5. The maximum absolute atomic E-state index is 12.4. The highest BCUT2D eigenvalue weighted by molar-refractivity contribution is 7.89. The Morgan fingerprint density at radius 3 is 2.60 bits per heavy atom. The van der Waals surface area contributed by atoms with E-state index < -0.39 is 16.0 Å². The van der Waals surface area contributed by atoms with Crippen LogP contribution in [-0.2, 0) is 14.8 Å². The highest BCUT2D eigenvalue weighted by atomic mass is 35.5. The molecular formula is C13H16ClNO4S. The molecule has 0 N–H and O–H groups in total. The van der Waals surface area contributed by atoms with Gasteiger partial charge in [0.15, 0.2) is 0 Å². The van der Waals surface area contributed by atoms with Gasteiger partial charge in [-0.1, -0.05) is 11.6 Å². The zero-order valence-corrected chi connectivity index (χ0v) is 12.9. The van der Waals surface area contributed by atoms with Crippen molar-refractivity contribution in [1.29, 1.82) is 0 Å². The molecule has 0 spiro atoms. The average Bonchev–Trinajstić information content (AvgIpc) is 3.21. The lowest BCUT2D eigenvalue weighted by Gasteiger charge is -2.17. The molecule has 110 valence electrons. The van der Waals surface area contributed by atoms with Crippen molar-refractivity contribution >= 4 is 27.6 Å². The molecule has 0 saturated heterocycles. The van der Waals surface area contributed by atoms with Crippen LogP contribution in [0.1, 0.15) is 23.2 Å². The van der Waals surface area contributed by atoms with Crippen LogP contribution in [0, 0.1) is 5.92 Å². The Labute approximate surface area is 123 Å². The molecule has 0 amide bonds. The van der Waals surface area contributed by atoms with E-state index in [2.05, 4.69) is 4.74 Å². The summed E-state index contributed by atoms with van der Waals surface area (Å²) in [6, 6.07) is 4.05. The summed E-state index contributed by atoms with van der Waals surface area (Å²) in [5, 5.41) is 0.0237. The van der Waals surface area contributed by atoms with E-state index in [9.17, 15) is 13.2 Å². The molecular weight excluding hydrogens is 302 g/mol. The SMILES string of the molecule is COC(=O)c1ccc(S(=O)(=O)N(C)CC2CC2)c(Cl)c1. The summed E-state index contributed by atoms with van der Waals surface area (Å²) < 4.78 is 30.7. The molecule has 0 radical (unpaired) electrons. The first-order chi connectivity index (χ1) is 9.36. The molecule has 0 atom stereocenters. The number of sulfonamides is 1. The number of halogens is 1. The quantitative estimate of drug-likeness (QED) is 0.781. The van der Waals surface area contributed by atoms with Gasteiger partial charge in [-0.3, -0.25) is 0 Å². The van der Waals surface area contributed by atoms with Crippen molar-refractivity contribution in [3.63, 3.8) is 0 Å². The Morgan fingerprint density at radius 1 is 1.45 bits per heavy atom. The number of benzene rings is 1. The fourth-order valence-corrected chi connectivity index (χ4v) is 3.65. The standard InChI is InChI=1S/C13H16ClNO4S/c1-15(8-9-3-4-9)20(17,18)12-6-5-10(7-11(12)14)13(16)19-2/h5-7,9H,3-4,8H2,1-2H3. The lowest BCUT2D eigenvalue weighted by Crippen LogP contribution is -2.29. The molecule has 1 aliphatic carbocycles.